The van der Waals surface area contributed by atoms with Crippen LogP contribution in [0.3, 0.4) is 0 Å². The van der Waals surface area contributed by atoms with E-state index in [9.17, 15) is 18.0 Å². The van der Waals surface area contributed by atoms with E-state index in [1.54, 1.807) is 24.3 Å². The molecule has 0 bridgehead atoms. The minimum atomic E-state index is -3.74. The zero-order chi connectivity index (χ0) is 20.2. The minimum absolute atomic E-state index is 0.0838. The number of aliphatic carboxylic acids is 1. The number of hydrogen-bond donors (Lipinski definition) is 2. The van der Waals surface area contributed by atoms with Gasteiger partial charge >= 0.3 is 5.97 Å². The first kappa shape index (κ1) is 20.7. The first-order valence-corrected chi connectivity index (χ1v) is 9.67. The van der Waals surface area contributed by atoms with Gasteiger partial charge in [-0.15, -0.1) is 0 Å². The van der Waals surface area contributed by atoms with Crippen LogP contribution in [0.2, 0.25) is 0 Å². The highest BCUT2D eigenvalue weighted by molar-refractivity contribution is 7.89. The van der Waals surface area contributed by atoms with Crippen LogP contribution in [-0.2, 0) is 14.8 Å². The fourth-order valence-electron chi connectivity index (χ4n) is 2.53. The maximum atomic E-state index is 12.6. The summed E-state index contributed by atoms with van der Waals surface area (Å²) in [7, 11) is -0.965. The van der Waals surface area contributed by atoms with Gasteiger partial charge < -0.3 is 14.8 Å². The van der Waals surface area contributed by atoms with Crippen molar-refractivity contribution in [1.82, 2.24) is 9.62 Å². The van der Waals surface area contributed by atoms with E-state index in [0.29, 0.717) is 0 Å². The van der Waals surface area contributed by atoms with E-state index in [1.165, 1.54) is 27.1 Å². The Labute approximate surface area is 157 Å². The summed E-state index contributed by atoms with van der Waals surface area (Å²) in [5.74, 6) is -1.63. The second-order valence-corrected chi connectivity index (χ2v) is 8.31. The molecule has 1 amide bonds. The fourth-order valence-corrected chi connectivity index (χ4v) is 3.59. The predicted octanol–water partition coefficient (Wildman–Crippen LogP) is 2.17. The summed E-state index contributed by atoms with van der Waals surface area (Å²) in [4.78, 5) is 23.4. The molecule has 27 heavy (non-hydrogen) atoms. The fraction of sp³-hybridized carbons (Fsp3) is 0.333. The van der Waals surface area contributed by atoms with Crippen LogP contribution in [0.15, 0.2) is 45.7 Å². The highest BCUT2D eigenvalue weighted by Gasteiger charge is 2.27. The van der Waals surface area contributed by atoms with E-state index in [2.05, 4.69) is 5.32 Å². The predicted molar refractivity (Wildman–Crippen MR) is 97.8 cm³/mol. The second kappa shape index (κ2) is 8.36. The van der Waals surface area contributed by atoms with Crippen molar-refractivity contribution in [2.24, 2.45) is 0 Å². The summed E-state index contributed by atoms with van der Waals surface area (Å²) >= 11 is 0. The zero-order valence-electron chi connectivity index (χ0n) is 15.3. The highest BCUT2D eigenvalue weighted by Crippen LogP contribution is 2.24. The van der Waals surface area contributed by atoms with Gasteiger partial charge in [0, 0.05) is 26.6 Å². The van der Waals surface area contributed by atoms with Gasteiger partial charge in [0.05, 0.1) is 6.04 Å². The Morgan fingerprint density at radius 1 is 1.22 bits per heavy atom. The van der Waals surface area contributed by atoms with Gasteiger partial charge in [0.2, 0.25) is 10.0 Å². The van der Waals surface area contributed by atoms with Gasteiger partial charge in [-0.1, -0.05) is 30.3 Å². The Bertz CT molecular complexity index is 919. The molecule has 0 saturated carbocycles. The lowest BCUT2D eigenvalue weighted by Crippen LogP contribution is -2.28. The van der Waals surface area contributed by atoms with E-state index >= 15 is 0 Å². The Hall–Kier alpha value is -2.65. The number of carboxylic acid groups (broad SMARTS) is 1. The molecular formula is C18H22N2O6S. The summed E-state index contributed by atoms with van der Waals surface area (Å²) < 4.78 is 30.9. The van der Waals surface area contributed by atoms with Gasteiger partial charge in [-0.25, -0.2) is 12.7 Å². The van der Waals surface area contributed by atoms with Crippen molar-refractivity contribution in [3.05, 3.63) is 53.5 Å². The van der Waals surface area contributed by atoms with Gasteiger partial charge in [-0.05, 0) is 18.9 Å². The molecule has 0 fully saturated rings. The molecule has 0 aliphatic rings. The van der Waals surface area contributed by atoms with Crippen molar-refractivity contribution in [3.63, 3.8) is 0 Å². The molecule has 2 N–H and O–H groups in total. The normalized spacial score (nSPS) is 12.7. The first-order chi connectivity index (χ1) is 12.6. The highest BCUT2D eigenvalue weighted by atomic mass is 32.2. The Morgan fingerprint density at radius 3 is 2.41 bits per heavy atom. The standard InChI is InChI=1S/C18H22N2O6S/c1-12-16(27(24,25)20(2)3)11-15(26-12)18(23)19-14(9-10-17(21)22)13-7-5-4-6-8-13/h4-8,11,14H,9-10H2,1-3H3,(H,19,23)(H,21,22). The number of carboxylic acids is 1. The molecule has 8 nitrogen and oxygen atoms in total. The third-order valence-corrected chi connectivity index (χ3v) is 5.93. The number of nitrogens with one attached hydrogen (secondary N) is 1. The van der Waals surface area contributed by atoms with Crippen LogP contribution in [0.4, 0.5) is 0 Å². The van der Waals surface area contributed by atoms with Crippen LogP contribution in [0.5, 0.6) is 0 Å². The number of rotatable bonds is 8. The molecule has 2 aromatic rings. The van der Waals surface area contributed by atoms with E-state index in [0.717, 1.165) is 9.87 Å². The molecule has 0 radical (unpaired) electrons. The van der Waals surface area contributed by atoms with E-state index < -0.39 is 27.9 Å². The number of nitrogens with zero attached hydrogens (tertiary/aromatic N) is 1. The van der Waals surface area contributed by atoms with Gasteiger partial charge in [0.15, 0.2) is 5.76 Å². The number of aryl methyl sites for hydroxylation is 1. The van der Waals surface area contributed by atoms with Crippen LogP contribution >= 0.6 is 0 Å². The average molecular weight is 394 g/mol. The van der Waals surface area contributed by atoms with Crippen LogP contribution < -0.4 is 5.32 Å². The molecule has 1 aromatic heterocycles. The summed E-state index contributed by atoms with van der Waals surface area (Å²) in [6.45, 7) is 1.46. The lowest BCUT2D eigenvalue weighted by molar-refractivity contribution is -0.137. The van der Waals surface area contributed by atoms with Gasteiger partial charge in [0.1, 0.15) is 10.7 Å². The van der Waals surface area contributed by atoms with Crippen molar-refractivity contribution in [3.8, 4) is 0 Å². The maximum Gasteiger partial charge on any atom is 0.303 e. The largest absolute Gasteiger partial charge is 0.481 e. The van der Waals surface area contributed by atoms with Gasteiger partial charge in [-0.3, -0.25) is 9.59 Å². The molecule has 2 rings (SSSR count). The summed E-state index contributed by atoms with van der Waals surface area (Å²) in [6.07, 6.45) is 0.0604. The Balaban J connectivity index is 2.26. The summed E-state index contributed by atoms with van der Waals surface area (Å²) in [5, 5.41) is 11.7. The molecular weight excluding hydrogens is 372 g/mol. The molecule has 0 saturated heterocycles. The molecule has 146 valence electrons. The number of furan rings is 1. The molecule has 0 aliphatic carbocycles. The second-order valence-electron chi connectivity index (χ2n) is 6.19. The van der Waals surface area contributed by atoms with Crippen LogP contribution in [0, 0.1) is 6.92 Å². The quantitative estimate of drug-likeness (QED) is 0.709. The smallest absolute Gasteiger partial charge is 0.303 e. The van der Waals surface area contributed by atoms with Crippen LogP contribution in [-0.4, -0.2) is 43.8 Å². The lowest BCUT2D eigenvalue weighted by Gasteiger charge is -2.17. The first-order valence-electron chi connectivity index (χ1n) is 8.23. The molecule has 1 heterocycles. The van der Waals surface area contributed by atoms with Crippen molar-refractivity contribution < 1.29 is 27.5 Å². The zero-order valence-corrected chi connectivity index (χ0v) is 16.1. The third-order valence-electron chi connectivity index (χ3n) is 4.01. The van der Waals surface area contributed by atoms with Crippen molar-refractivity contribution in [2.75, 3.05) is 14.1 Å². The van der Waals surface area contributed by atoms with Gasteiger partial charge in [-0.2, -0.15) is 0 Å². The van der Waals surface area contributed by atoms with Crippen LogP contribution in [0.1, 0.15) is 40.8 Å². The average Bonchev–Trinajstić information content (AvgIpc) is 3.01. The van der Waals surface area contributed by atoms with Crippen LogP contribution in [0.25, 0.3) is 0 Å². The number of benzene rings is 1. The SMILES string of the molecule is Cc1oc(C(=O)NC(CCC(=O)O)c2ccccc2)cc1S(=O)(=O)N(C)C. The molecule has 1 aromatic carbocycles. The van der Waals surface area contributed by atoms with Crippen molar-refractivity contribution in [2.45, 2.75) is 30.7 Å². The Kier molecular flexibility index (Phi) is 6.40. The van der Waals surface area contributed by atoms with Crippen molar-refractivity contribution >= 4 is 21.9 Å². The Morgan fingerprint density at radius 2 is 1.85 bits per heavy atom. The number of carbonyl (C=O) groups is 2. The lowest BCUT2D eigenvalue weighted by atomic mass is 10.0. The van der Waals surface area contributed by atoms with E-state index in [-0.39, 0.29) is 29.3 Å². The maximum absolute atomic E-state index is 12.6. The molecule has 0 spiro atoms. The molecule has 0 aliphatic heterocycles. The summed E-state index contributed by atoms with van der Waals surface area (Å²) in [5.41, 5.74) is 0.747. The number of carbonyl (C=O) groups excluding carboxylic acids is 1. The molecule has 1 atom stereocenters. The number of amides is 1. The molecule has 1 unspecified atom stereocenters. The van der Waals surface area contributed by atoms with Crippen molar-refractivity contribution in [1.29, 1.82) is 0 Å². The summed E-state index contributed by atoms with van der Waals surface area (Å²) in [6, 6.07) is 9.58. The number of sulfonamides is 1. The molecule has 9 heteroatoms. The van der Waals surface area contributed by atoms with E-state index in [4.69, 9.17) is 9.52 Å². The topological polar surface area (TPSA) is 117 Å². The number of hydrogen-bond acceptors (Lipinski definition) is 5. The monoisotopic (exact) mass is 394 g/mol. The third kappa shape index (κ3) is 4.95. The van der Waals surface area contributed by atoms with E-state index in [1.807, 2.05) is 6.07 Å². The van der Waals surface area contributed by atoms with Gasteiger partial charge in [0.25, 0.3) is 5.91 Å². The minimum Gasteiger partial charge on any atom is -0.481 e.